The highest BCUT2D eigenvalue weighted by Gasteiger charge is 2.39. The molecule has 3 rings (SSSR count). The fraction of sp³-hybridized carbons (Fsp3) is 0.389. The quantitative estimate of drug-likeness (QED) is 0.643. The van der Waals surface area contributed by atoms with Gasteiger partial charge in [-0.25, -0.2) is 8.42 Å². The molecule has 1 fully saturated rings. The molecule has 0 saturated carbocycles. The number of furan rings is 1. The number of carbonyl (C=O) groups excluding carboxylic acids is 1. The van der Waals surface area contributed by atoms with Gasteiger partial charge in [-0.1, -0.05) is 0 Å². The molecule has 13 heteroatoms. The molecule has 1 aliphatic heterocycles. The standard InChI is InChI=1S/C18H16F6N2O4S/c19-17(20,21)12-8-13(18(22,23)24)10-15(9-12)31(28,29)26-5-3-25(4-6-26)16(27)11-14-2-1-7-30-14/h1-2,7-10H,3-6,11H2. The third kappa shape index (κ3) is 5.21. The number of amides is 1. The Morgan fingerprint density at radius 3 is 1.94 bits per heavy atom. The maximum Gasteiger partial charge on any atom is 0.416 e. The molecule has 1 aromatic carbocycles. The van der Waals surface area contributed by atoms with Gasteiger partial charge in [-0.05, 0) is 30.3 Å². The lowest BCUT2D eigenvalue weighted by molar-refractivity contribution is -0.143. The minimum Gasteiger partial charge on any atom is -0.469 e. The van der Waals surface area contributed by atoms with Crippen LogP contribution >= 0.6 is 0 Å². The van der Waals surface area contributed by atoms with Crippen LogP contribution in [0.5, 0.6) is 0 Å². The molecule has 0 unspecified atom stereocenters. The van der Waals surface area contributed by atoms with Crippen LogP contribution in [0, 0.1) is 0 Å². The zero-order valence-electron chi connectivity index (χ0n) is 15.7. The molecule has 1 saturated heterocycles. The zero-order chi connectivity index (χ0) is 23.0. The maximum absolute atomic E-state index is 13.0. The van der Waals surface area contributed by atoms with Gasteiger partial charge in [0.15, 0.2) is 0 Å². The van der Waals surface area contributed by atoms with Crippen molar-refractivity contribution in [1.29, 1.82) is 0 Å². The summed E-state index contributed by atoms with van der Waals surface area (Å²) >= 11 is 0. The minimum absolute atomic E-state index is 0.0533. The fourth-order valence-corrected chi connectivity index (χ4v) is 4.57. The highest BCUT2D eigenvalue weighted by Crippen LogP contribution is 2.37. The third-order valence-electron chi connectivity index (χ3n) is 4.70. The van der Waals surface area contributed by atoms with E-state index >= 15 is 0 Å². The first-order valence-corrected chi connectivity index (χ1v) is 10.3. The number of halogens is 6. The Labute approximate surface area is 173 Å². The first-order chi connectivity index (χ1) is 14.3. The number of carbonyl (C=O) groups is 1. The molecule has 0 aliphatic carbocycles. The molecule has 0 bridgehead atoms. The summed E-state index contributed by atoms with van der Waals surface area (Å²) in [5.41, 5.74) is -3.43. The van der Waals surface area contributed by atoms with E-state index in [2.05, 4.69) is 0 Å². The monoisotopic (exact) mass is 470 g/mol. The maximum atomic E-state index is 13.0. The smallest absolute Gasteiger partial charge is 0.416 e. The van der Waals surface area contributed by atoms with E-state index in [1.807, 2.05) is 0 Å². The van der Waals surface area contributed by atoms with Gasteiger partial charge >= 0.3 is 12.4 Å². The summed E-state index contributed by atoms with van der Waals surface area (Å²) in [4.78, 5) is 12.5. The molecule has 170 valence electrons. The summed E-state index contributed by atoms with van der Waals surface area (Å²) in [6.07, 6.45) is -9.00. The molecule has 1 aromatic heterocycles. The van der Waals surface area contributed by atoms with Crippen molar-refractivity contribution in [2.45, 2.75) is 23.7 Å². The van der Waals surface area contributed by atoms with Crippen LogP contribution in [0.3, 0.4) is 0 Å². The minimum atomic E-state index is -5.16. The Morgan fingerprint density at radius 2 is 1.48 bits per heavy atom. The van der Waals surface area contributed by atoms with Crippen molar-refractivity contribution < 1.29 is 44.0 Å². The van der Waals surface area contributed by atoms with Crippen molar-refractivity contribution in [3.8, 4) is 0 Å². The van der Waals surface area contributed by atoms with E-state index in [0.717, 1.165) is 4.31 Å². The van der Waals surface area contributed by atoms with E-state index in [9.17, 15) is 39.6 Å². The number of rotatable bonds is 4. The van der Waals surface area contributed by atoms with Gasteiger partial charge in [-0.15, -0.1) is 0 Å². The van der Waals surface area contributed by atoms with Gasteiger partial charge in [0.2, 0.25) is 15.9 Å². The summed E-state index contributed by atoms with van der Waals surface area (Å²) in [5.74, 6) is 0.0640. The lowest BCUT2D eigenvalue weighted by Gasteiger charge is -2.34. The highest BCUT2D eigenvalue weighted by molar-refractivity contribution is 7.89. The lowest BCUT2D eigenvalue weighted by Crippen LogP contribution is -2.50. The van der Waals surface area contributed by atoms with Gasteiger partial charge in [-0.2, -0.15) is 30.6 Å². The largest absolute Gasteiger partial charge is 0.469 e. The van der Waals surface area contributed by atoms with Crippen LogP contribution in [0.25, 0.3) is 0 Å². The molecule has 0 spiro atoms. The third-order valence-corrected chi connectivity index (χ3v) is 6.57. The second-order valence-electron chi connectivity index (χ2n) is 6.78. The molecule has 1 aliphatic rings. The van der Waals surface area contributed by atoms with Gasteiger partial charge in [0, 0.05) is 26.2 Å². The molecule has 31 heavy (non-hydrogen) atoms. The van der Waals surface area contributed by atoms with Gasteiger partial charge < -0.3 is 9.32 Å². The molecule has 0 N–H and O–H groups in total. The summed E-state index contributed by atoms with van der Waals surface area (Å²) in [6, 6.07) is 3.41. The predicted molar refractivity (Wildman–Crippen MR) is 94.2 cm³/mol. The van der Waals surface area contributed by atoms with Crippen LogP contribution in [0.4, 0.5) is 26.3 Å². The first-order valence-electron chi connectivity index (χ1n) is 8.88. The normalized spacial score (nSPS) is 16.5. The molecule has 1 amide bonds. The van der Waals surface area contributed by atoms with Crippen molar-refractivity contribution in [1.82, 2.24) is 9.21 Å². The van der Waals surface area contributed by atoms with Crippen LogP contribution < -0.4 is 0 Å². The Kier molecular flexibility index (Phi) is 6.11. The number of hydrogen-bond donors (Lipinski definition) is 0. The summed E-state index contributed by atoms with van der Waals surface area (Å²) in [6.45, 7) is -0.679. The Balaban J connectivity index is 1.80. The molecular formula is C18H16F6N2O4S. The van der Waals surface area contributed by atoms with Crippen LogP contribution in [-0.4, -0.2) is 49.7 Å². The van der Waals surface area contributed by atoms with Crippen molar-refractivity contribution in [2.24, 2.45) is 0 Å². The van der Waals surface area contributed by atoms with Crippen LogP contribution in [0.1, 0.15) is 16.9 Å². The van der Waals surface area contributed by atoms with Gasteiger partial charge in [-0.3, -0.25) is 4.79 Å². The number of piperazine rings is 1. The predicted octanol–water partition coefficient (Wildman–Crippen LogP) is 3.39. The van der Waals surface area contributed by atoms with Crippen molar-refractivity contribution in [2.75, 3.05) is 26.2 Å². The van der Waals surface area contributed by atoms with E-state index in [4.69, 9.17) is 4.42 Å². The summed E-state index contributed by atoms with van der Waals surface area (Å²) in [7, 11) is -4.65. The molecule has 2 heterocycles. The Morgan fingerprint density at radius 1 is 0.935 bits per heavy atom. The molecule has 6 nitrogen and oxygen atoms in total. The first kappa shape index (κ1) is 23.1. The molecular weight excluding hydrogens is 454 g/mol. The topological polar surface area (TPSA) is 70.8 Å². The second kappa shape index (κ2) is 8.19. The molecule has 2 aromatic rings. The fourth-order valence-electron chi connectivity index (χ4n) is 3.08. The number of nitrogens with zero attached hydrogens (tertiary/aromatic N) is 2. The summed E-state index contributed by atoms with van der Waals surface area (Å²) < 4.78 is 110. The number of alkyl halides is 6. The zero-order valence-corrected chi connectivity index (χ0v) is 16.5. The van der Waals surface area contributed by atoms with E-state index < -0.39 is 38.4 Å². The van der Waals surface area contributed by atoms with Crippen molar-refractivity contribution in [3.63, 3.8) is 0 Å². The van der Waals surface area contributed by atoms with E-state index in [0.29, 0.717) is 5.76 Å². The van der Waals surface area contributed by atoms with E-state index in [1.54, 1.807) is 12.1 Å². The average molecular weight is 470 g/mol. The van der Waals surface area contributed by atoms with Crippen molar-refractivity contribution in [3.05, 3.63) is 53.5 Å². The van der Waals surface area contributed by atoms with Crippen LogP contribution in [0.15, 0.2) is 45.9 Å². The highest BCUT2D eigenvalue weighted by atomic mass is 32.2. The molecule has 0 radical (unpaired) electrons. The Hall–Kier alpha value is -2.54. The van der Waals surface area contributed by atoms with Crippen LogP contribution in [0.2, 0.25) is 0 Å². The number of sulfonamides is 1. The molecule has 0 atom stereocenters. The SMILES string of the molecule is O=C(Cc1ccco1)N1CCN(S(=O)(=O)c2cc(C(F)(F)F)cc(C(F)(F)F)c2)CC1. The summed E-state index contributed by atoms with van der Waals surface area (Å²) in [5, 5.41) is 0. The van der Waals surface area contributed by atoms with E-state index in [1.165, 1.54) is 11.2 Å². The lowest BCUT2D eigenvalue weighted by atomic mass is 10.1. The van der Waals surface area contributed by atoms with Crippen molar-refractivity contribution >= 4 is 15.9 Å². The van der Waals surface area contributed by atoms with E-state index in [-0.39, 0.29) is 56.7 Å². The number of hydrogen-bond acceptors (Lipinski definition) is 4. The van der Waals surface area contributed by atoms with Gasteiger partial charge in [0.25, 0.3) is 0 Å². The Bertz CT molecular complexity index is 1010. The van der Waals surface area contributed by atoms with Crippen LogP contribution in [-0.2, 0) is 33.6 Å². The van der Waals surface area contributed by atoms with Gasteiger partial charge in [0.05, 0.1) is 28.7 Å². The van der Waals surface area contributed by atoms with Gasteiger partial charge in [0.1, 0.15) is 5.76 Å². The second-order valence-corrected chi connectivity index (χ2v) is 8.72. The number of benzene rings is 1. The average Bonchev–Trinajstić information content (AvgIpc) is 3.19.